The fraction of sp³-hybridized carbons (Fsp3) is 0.385. The molecule has 0 radical (unpaired) electrons. The van der Waals surface area contributed by atoms with E-state index >= 15 is 0 Å². The number of anilines is 2. The van der Waals surface area contributed by atoms with E-state index in [1.807, 2.05) is 19.1 Å². The van der Waals surface area contributed by atoms with Crippen LogP contribution in [0.25, 0.3) is 11.1 Å². The van der Waals surface area contributed by atoms with Crippen molar-refractivity contribution >= 4 is 22.4 Å². The predicted molar refractivity (Wildman–Crippen MR) is 77.2 cm³/mol. The summed E-state index contributed by atoms with van der Waals surface area (Å²) in [5.41, 5.74) is 7.25. The molecule has 2 aromatic rings. The molecule has 0 bridgehead atoms. The monoisotopic (exact) mass is 276 g/mol. The van der Waals surface area contributed by atoms with Crippen LogP contribution >= 0.6 is 11.5 Å². The van der Waals surface area contributed by atoms with Crippen molar-refractivity contribution in [1.82, 2.24) is 9.36 Å². The molecule has 6 heteroatoms. The number of nitrogens with zero attached hydrogens (tertiary/aromatic N) is 3. The second-order valence-corrected chi connectivity index (χ2v) is 5.91. The lowest BCUT2D eigenvalue weighted by Gasteiger charge is -2.20. The normalized spacial score (nSPS) is 22.9. The highest BCUT2D eigenvalue weighted by Gasteiger charge is 2.34. The molecule has 1 unspecified atom stereocenters. The standard InChI is InChI=1S/C13H16N4OS/c1-13(18)4-6-17(8-13)12-10(11(14)16-19-12)9-3-2-5-15-7-9/h2-3,5,7,18H,4,6,8H2,1H3,(H2,14,16). The van der Waals surface area contributed by atoms with Crippen LogP contribution in [0.4, 0.5) is 10.8 Å². The Balaban J connectivity index is 2.00. The lowest BCUT2D eigenvalue weighted by Crippen LogP contribution is -2.29. The van der Waals surface area contributed by atoms with Gasteiger partial charge in [0.2, 0.25) is 0 Å². The number of hydrogen-bond acceptors (Lipinski definition) is 6. The quantitative estimate of drug-likeness (QED) is 0.874. The minimum Gasteiger partial charge on any atom is -0.388 e. The molecule has 19 heavy (non-hydrogen) atoms. The van der Waals surface area contributed by atoms with Gasteiger partial charge in [-0.15, -0.1) is 0 Å². The van der Waals surface area contributed by atoms with E-state index in [9.17, 15) is 5.11 Å². The van der Waals surface area contributed by atoms with Gasteiger partial charge >= 0.3 is 0 Å². The Morgan fingerprint density at radius 3 is 3.00 bits per heavy atom. The van der Waals surface area contributed by atoms with Crippen LogP contribution in [0.5, 0.6) is 0 Å². The summed E-state index contributed by atoms with van der Waals surface area (Å²) in [7, 11) is 0. The molecule has 0 saturated carbocycles. The Bertz CT molecular complexity index is 582. The topological polar surface area (TPSA) is 75.3 Å². The third-order valence-corrected chi connectivity index (χ3v) is 4.31. The smallest absolute Gasteiger partial charge is 0.147 e. The summed E-state index contributed by atoms with van der Waals surface area (Å²) in [5.74, 6) is 0.527. The van der Waals surface area contributed by atoms with E-state index in [1.54, 1.807) is 12.4 Å². The van der Waals surface area contributed by atoms with Crippen molar-refractivity contribution < 1.29 is 5.11 Å². The van der Waals surface area contributed by atoms with Crippen LogP contribution in [0.3, 0.4) is 0 Å². The molecule has 1 aliphatic rings. The molecule has 3 N–H and O–H groups in total. The van der Waals surface area contributed by atoms with Gasteiger partial charge in [-0.05, 0) is 30.9 Å². The summed E-state index contributed by atoms with van der Waals surface area (Å²) in [6.45, 7) is 3.30. The highest BCUT2D eigenvalue weighted by atomic mass is 32.1. The number of hydrogen-bond donors (Lipinski definition) is 2. The van der Waals surface area contributed by atoms with Crippen LogP contribution in [0, 0.1) is 0 Å². The van der Waals surface area contributed by atoms with Crippen LogP contribution < -0.4 is 10.6 Å². The number of nitrogens with two attached hydrogens (primary N) is 1. The summed E-state index contributed by atoms with van der Waals surface area (Å²) in [4.78, 5) is 6.28. The first-order chi connectivity index (χ1) is 9.07. The average Bonchev–Trinajstić information content (AvgIpc) is 2.93. The molecule has 3 heterocycles. The largest absolute Gasteiger partial charge is 0.388 e. The van der Waals surface area contributed by atoms with Crippen molar-refractivity contribution in [3.63, 3.8) is 0 Å². The Kier molecular flexibility index (Phi) is 2.91. The lowest BCUT2D eigenvalue weighted by atomic mass is 10.1. The van der Waals surface area contributed by atoms with Crippen molar-refractivity contribution in [2.75, 3.05) is 23.7 Å². The van der Waals surface area contributed by atoms with Gasteiger partial charge in [0.1, 0.15) is 10.8 Å². The van der Waals surface area contributed by atoms with Crippen LogP contribution in [-0.4, -0.2) is 33.2 Å². The predicted octanol–water partition coefficient (Wildman–Crippen LogP) is 1.75. The maximum atomic E-state index is 10.1. The van der Waals surface area contributed by atoms with Crippen molar-refractivity contribution in [3.05, 3.63) is 24.5 Å². The van der Waals surface area contributed by atoms with Gasteiger partial charge in [-0.25, -0.2) is 0 Å². The van der Waals surface area contributed by atoms with Crippen molar-refractivity contribution in [2.24, 2.45) is 0 Å². The van der Waals surface area contributed by atoms with Gasteiger partial charge in [-0.2, -0.15) is 4.37 Å². The van der Waals surface area contributed by atoms with Gasteiger partial charge in [0, 0.05) is 31.0 Å². The van der Waals surface area contributed by atoms with Crippen LogP contribution in [0.15, 0.2) is 24.5 Å². The summed E-state index contributed by atoms with van der Waals surface area (Å²) < 4.78 is 4.25. The average molecular weight is 276 g/mol. The highest BCUT2D eigenvalue weighted by Crippen LogP contribution is 2.41. The molecular formula is C13H16N4OS. The van der Waals surface area contributed by atoms with Crippen molar-refractivity contribution in [3.8, 4) is 11.1 Å². The number of aromatic nitrogens is 2. The second-order valence-electron chi connectivity index (χ2n) is 5.16. The van der Waals surface area contributed by atoms with Crippen molar-refractivity contribution in [1.29, 1.82) is 0 Å². The van der Waals surface area contributed by atoms with Crippen LogP contribution in [-0.2, 0) is 0 Å². The highest BCUT2D eigenvalue weighted by molar-refractivity contribution is 7.11. The second kappa shape index (κ2) is 4.47. The van der Waals surface area contributed by atoms with E-state index < -0.39 is 5.60 Å². The third kappa shape index (κ3) is 2.29. The first-order valence-electron chi connectivity index (χ1n) is 6.20. The van der Waals surface area contributed by atoms with Gasteiger partial charge in [0.25, 0.3) is 0 Å². The Hall–Kier alpha value is -1.66. The van der Waals surface area contributed by atoms with Gasteiger partial charge in [0.15, 0.2) is 0 Å². The fourth-order valence-corrected chi connectivity index (χ4v) is 3.27. The number of aliphatic hydroxyl groups is 1. The number of pyridine rings is 1. The molecule has 0 spiro atoms. The summed E-state index contributed by atoms with van der Waals surface area (Å²) >= 11 is 1.38. The third-order valence-electron chi connectivity index (χ3n) is 3.39. The first-order valence-corrected chi connectivity index (χ1v) is 6.97. The van der Waals surface area contributed by atoms with Crippen molar-refractivity contribution in [2.45, 2.75) is 18.9 Å². The molecule has 0 amide bonds. The summed E-state index contributed by atoms with van der Waals surface area (Å²) in [5, 5.41) is 11.1. The van der Waals surface area contributed by atoms with Gasteiger partial charge in [-0.3, -0.25) is 4.98 Å². The Morgan fingerprint density at radius 2 is 2.37 bits per heavy atom. The molecule has 0 aliphatic carbocycles. The van der Waals surface area contributed by atoms with E-state index in [0.717, 1.165) is 29.1 Å². The minimum absolute atomic E-state index is 0.527. The molecular weight excluding hydrogens is 260 g/mol. The fourth-order valence-electron chi connectivity index (χ4n) is 2.41. The molecule has 0 aromatic carbocycles. The minimum atomic E-state index is -0.634. The zero-order valence-electron chi connectivity index (χ0n) is 10.7. The number of nitrogen functional groups attached to an aromatic ring is 1. The number of rotatable bonds is 2. The molecule has 1 atom stereocenters. The first kappa shape index (κ1) is 12.4. The zero-order chi connectivity index (χ0) is 13.5. The van der Waals surface area contributed by atoms with Gasteiger partial charge in [0.05, 0.1) is 11.2 Å². The van der Waals surface area contributed by atoms with E-state index in [0.29, 0.717) is 12.4 Å². The van der Waals surface area contributed by atoms with Crippen LogP contribution in [0.2, 0.25) is 0 Å². The summed E-state index contributed by atoms with van der Waals surface area (Å²) in [6, 6.07) is 3.86. The molecule has 5 nitrogen and oxygen atoms in total. The SMILES string of the molecule is CC1(O)CCN(c2snc(N)c2-c2cccnc2)C1. The van der Waals surface area contributed by atoms with Gasteiger partial charge < -0.3 is 15.7 Å². The number of β-amino-alcohol motifs (C(OH)–C–C–N with tert-alkyl or cyclic N) is 1. The summed E-state index contributed by atoms with van der Waals surface area (Å²) in [6.07, 6.45) is 4.29. The molecule has 1 saturated heterocycles. The molecule has 1 fully saturated rings. The van der Waals surface area contributed by atoms with E-state index in [2.05, 4.69) is 14.3 Å². The van der Waals surface area contributed by atoms with E-state index in [1.165, 1.54) is 11.5 Å². The Morgan fingerprint density at radius 1 is 1.53 bits per heavy atom. The Labute approximate surface area is 115 Å². The molecule has 3 rings (SSSR count). The molecule has 1 aliphatic heterocycles. The van der Waals surface area contributed by atoms with E-state index in [4.69, 9.17) is 5.73 Å². The maximum Gasteiger partial charge on any atom is 0.147 e. The molecule has 100 valence electrons. The zero-order valence-corrected chi connectivity index (χ0v) is 11.5. The van der Waals surface area contributed by atoms with Gasteiger partial charge in [-0.1, -0.05) is 6.07 Å². The van der Waals surface area contributed by atoms with Crippen LogP contribution in [0.1, 0.15) is 13.3 Å². The maximum absolute atomic E-state index is 10.1. The van der Waals surface area contributed by atoms with E-state index in [-0.39, 0.29) is 0 Å². The lowest BCUT2D eigenvalue weighted by molar-refractivity contribution is 0.0840. The molecule has 2 aromatic heterocycles.